The minimum atomic E-state index is -1.10. The molecule has 2 rings (SSSR count). The fraction of sp³-hybridized carbons (Fsp3) is 0.857. The van der Waals surface area contributed by atoms with Gasteiger partial charge in [0.2, 0.25) is 0 Å². The number of aliphatic carboxylic acids is 1. The lowest BCUT2D eigenvalue weighted by molar-refractivity contribution is -0.150. The summed E-state index contributed by atoms with van der Waals surface area (Å²) in [4.78, 5) is 25.8. The number of nitrogens with zero attached hydrogens (tertiary/aromatic N) is 1. The lowest BCUT2D eigenvalue weighted by Crippen LogP contribution is -2.59. The maximum absolute atomic E-state index is 12.5. The molecular formula is C14H23NO4S. The van der Waals surface area contributed by atoms with Crippen LogP contribution in [0.5, 0.6) is 0 Å². The molecule has 20 heavy (non-hydrogen) atoms. The van der Waals surface area contributed by atoms with Crippen molar-refractivity contribution in [3.63, 3.8) is 0 Å². The minimum absolute atomic E-state index is 0.0202. The molecule has 1 saturated heterocycles. The van der Waals surface area contributed by atoms with Crippen molar-refractivity contribution in [3.8, 4) is 0 Å². The van der Waals surface area contributed by atoms with E-state index in [4.69, 9.17) is 4.74 Å². The van der Waals surface area contributed by atoms with Crippen molar-refractivity contribution in [2.45, 2.75) is 69.4 Å². The maximum atomic E-state index is 12.5. The van der Waals surface area contributed by atoms with E-state index in [1.54, 1.807) is 32.5 Å². The van der Waals surface area contributed by atoms with Gasteiger partial charge in [-0.05, 0) is 40.0 Å². The highest BCUT2D eigenvalue weighted by molar-refractivity contribution is 8.00. The minimum Gasteiger partial charge on any atom is -0.479 e. The van der Waals surface area contributed by atoms with Crippen molar-refractivity contribution in [2.24, 2.45) is 0 Å². The average molecular weight is 301 g/mol. The highest BCUT2D eigenvalue weighted by Crippen LogP contribution is 2.44. The molecule has 1 saturated carbocycles. The number of ether oxygens (including phenoxy) is 1. The van der Waals surface area contributed by atoms with E-state index in [0.29, 0.717) is 12.2 Å². The lowest BCUT2D eigenvalue weighted by atomic mass is 9.94. The van der Waals surface area contributed by atoms with Gasteiger partial charge in [0.25, 0.3) is 0 Å². The SMILES string of the molecule is CC1CC(C(=O)O)(N(C(=O)OC(C)(C)C)C2CC2)CS1. The molecule has 1 N–H and O–H groups in total. The van der Waals surface area contributed by atoms with E-state index in [1.807, 2.05) is 6.92 Å². The molecule has 1 heterocycles. The van der Waals surface area contributed by atoms with Gasteiger partial charge in [-0.2, -0.15) is 11.8 Å². The molecule has 0 bridgehead atoms. The monoisotopic (exact) mass is 301 g/mol. The van der Waals surface area contributed by atoms with Crippen LogP contribution in [0.4, 0.5) is 4.79 Å². The Labute approximate surface area is 124 Å². The van der Waals surface area contributed by atoms with Crippen LogP contribution in [0.2, 0.25) is 0 Å². The number of carboxylic acid groups (broad SMARTS) is 1. The van der Waals surface area contributed by atoms with Crippen LogP contribution in [0.3, 0.4) is 0 Å². The predicted molar refractivity (Wildman–Crippen MR) is 78.0 cm³/mol. The van der Waals surface area contributed by atoms with E-state index in [2.05, 4.69) is 0 Å². The number of amides is 1. The zero-order chi connectivity index (χ0) is 15.1. The summed E-state index contributed by atoms with van der Waals surface area (Å²) in [5.74, 6) is -0.466. The highest BCUT2D eigenvalue weighted by atomic mass is 32.2. The third-order valence-corrected chi connectivity index (χ3v) is 4.97. The third-order valence-electron chi connectivity index (χ3n) is 3.59. The third kappa shape index (κ3) is 3.05. The van der Waals surface area contributed by atoms with Gasteiger partial charge in [0.05, 0.1) is 0 Å². The molecule has 6 heteroatoms. The molecule has 1 aliphatic carbocycles. The topological polar surface area (TPSA) is 66.8 Å². The van der Waals surface area contributed by atoms with Crippen LogP contribution < -0.4 is 0 Å². The average Bonchev–Trinajstić information content (AvgIpc) is 3.00. The van der Waals surface area contributed by atoms with E-state index in [1.165, 1.54) is 4.90 Å². The van der Waals surface area contributed by atoms with Gasteiger partial charge in [-0.15, -0.1) is 0 Å². The quantitative estimate of drug-likeness (QED) is 0.868. The first-order valence-electron chi connectivity index (χ1n) is 7.03. The normalized spacial score (nSPS) is 30.1. The number of rotatable bonds is 3. The van der Waals surface area contributed by atoms with Crippen LogP contribution in [0.15, 0.2) is 0 Å². The van der Waals surface area contributed by atoms with Gasteiger partial charge >= 0.3 is 12.1 Å². The zero-order valence-electron chi connectivity index (χ0n) is 12.5. The van der Waals surface area contributed by atoms with Gasteiger partial charge in [0.1, 0.15) is 5.60 Å². The van der Waals surface area contributed by atoms with Crippen molar-refractivity contribution in [3.05, 3.63) is 0 Å². The largest absolute Gasteiger partial charge is 0.479 e. The van der Waals surface area contributed by atoms with E-state index in [0.717, 1.165) is 12.8 Å². The second kappa shape index (κ2) is 5.13. The second-order valence-corrected chi connectivity index (χ2v) is 8.17. The Morgan fingerprint density at radius 3 is 2.30 bits per heavy atom. The molecule has 0 spiro atoms. The Kier molecular flexibility index (Phi) is 3.97. The summed E-state index contributed by atoms with van der Waals surface area (Å²) in [7, 11) is 0. The molecule has 2 aliphatic rings. The summed E-state index contributed by atoms with van der Waals surface area (Å²) in [6, 6.07) is 0.0202. The number of carbonyl (C=O) groups excluding carboxylic acids is 1. The van der Waals surface area contributed by atoms with Crippen LogP contribution in [-0.2, 0) is 9.53 Å². The van der Waals surface area contributed by atoms with Crippen molar-refractivity contribution < 1.29 is 19.4 Å². The first-order valence-corrected chi connectivity index (χ1v) is 8.08. The smallest absolute Gasteiger partial charge is 0.411 e. The number of carboxylic acids is 1. The van der Waals surface area contributed by atoms with Gasteiger partial charge in [0.15, 0.2) is 5.54 Å². The summed E-state index contributed by atoms with van der Waals surface area (Å²) in [5, 5.41) is 9.96. The Hall–Kier alpha value is -0.910. The summed E-state index contributed by atoms with van der Waals surface area (Å²) in [6.07, 6.45) is 1.74. The number of thioether (sulfide) groups is 1. The Morgan fingerprint density at radius 1 is 1.35 bits per heavy atom. The fourth-order valence-electron chi connectivity index (χ4n) is 2.61. The van der Waals surface area contributed by atoms with Crippen molar-refractivity contribution in [1.29, 1.82) is 0 Å². The van der Waals surface area contributed by atoms with Crippen LogP contribution in [0.25, 0.3) is 0 Å². The molecule has 114 valence electrons. The van der Waals surface area contributed by atoms with Gasteiger partial charge in [-0.25, -0.2) is 9.59 Å². The molecule has 1 aliphatic heterocycles. The molecular weight excluding hydrogens is 278 g/mol. The highest BCUT2D eigenvalue weighted by Gasteiger charge is 2.56. The van der Waals surface area contributed by atoms with Crippen molar-refractivity contribution in [1.82, 2.24) is 4.90 Å². The summed E-state index contributed by atoms with van der Waals surface area (Å²) < 4.78 is 5.44. The molecule has 0 aromatic carbocycles. The molecule has 5 nitrogen and oxygen atoms in total. The van der Waals surface area contributed by atoms with Gasteiger partial charge in [-0.1, -0.05) is 6.92 Å². The van der Waals surface area contributed by atoms with Crippen LogP contribution in [0, 0.1) is 0 Å². The first-order chi connectivity index (χ1) is 9.16. The van der Waals surface area contributed by atoms with Gasteiger partial charge in [-0.3, -0.25) is 4.90 Å². The van der Waals surface area contributed by atoms with Crippen molar-refractivity contribution >= 4 is 23.8 Å². The Morgan fingerprint density at radius 2 is 1.95 bits per heavy atom. The summed E-state index contributed by atoms with van der Waals surface area (Å²) >= 11 is 1.61. The molecule has 2 unspecified atom stereocenters. The molecule has 0 radical (unpaired) electrons. The van der Waals surface area contributed by atoms with Gasteiger partial charge in [0, 0.05) is 17.0 Å². The van der Waals surface area contributed by atoms with Gasteiger partial charge < -0.3 is 9.84 Å². The number of hydrogen-bond acceptors (Lipinski definition) is 4. The Bertz CT molecular complexity index is 416. The molecule has 2 fully saturated rings. The number of hydrogen-bond donors (Lipinski definition) is 1. The summed E-state index contributed by atoms with van der Waals surface area (Å²) in [5.41, 5.74) is -1.71. The van der Waals surface area contributed by atoms with Crippen LogP contribution >= 0.6 is 11.8 Å². The number of carbonyl (C=O) groups is 2. The van der Waals surface area contributed by atoms with E-state index >= 15 is 0 Å². The zero-order valence-corrected chi connectivity index (χ0v) is 13.3. The van der Waals surface area contributed by atoms with E-state index < -0.39 is 23.2 Å². The predicted octanol–water partition coefficient (Wildman–Crippen LogP) is 2.73. The Balaban J connectivity index is 2.27. The second-order valence-electron chi connectivity index (χ2n) is 6.74. The van der Waals surface area contributed by atoms with Crippen LogP contribution in [0.1, 0.15) is 47.0 Å². The van der Waals surface area contributed by atoms with Crippen molar-refractivity contribution in [2.75, 3.05) is 5.75 Å². The maximum Gasteiger partial charge on any atom is 0.411 e. The van der Waals surface area contributed by atoms with E-state index in [-0.39, 0.29) is 11.3 Å². The summed E-state index contributed by atoms with van der Waals surface area (Å²) in [6.45, 7) is 7.41. The molecule has 0 aromatic heterocycles. The fourth-order valence-corrected chi connectivity index (χ4v) is 3.94. The molecule has 2 atom stereocenters. The first kappa shape index (κ1) is 15.5. The molecule has 1 amide bonds. The lowest BCUT2D eigenvalue weighted by Gasteiger charge is -2.38. The standard InChI is InChI=1S/C14H23NO4S/c1-9-7-14(8-20-9,11(16)17)15(10-5-6-10)12(18)19-13(2,3)4/h9-10H,5-8H2,1-4H3,(H,16,17). The van der Waals surface area contributed by atoms with E-state index in [9.17, 15) is 14.7 Å². The van der Waals surface area contributed by atoms with Crippen LogP contribution in [-0.4, -0.2) is 50.3 Å². The molecule has 0 aromatic rings.